The van der Waals surface area contributed by atoms with Crippen molar-refractivity contribution in [3.63, 3.8) is 0 Å². The Kier molecular flexibility index (Phi) is 6.22. The van der Waals surface area contributed by atoms with Gasteiger partial charge >= 0.3 is 6.18 Å². The summed E-state index contributed by atoms with van der Waals surface area (Å²) in [6.07, 6.45) is -4.43. The van der Waals surface area contributed by atoms with E-state index in [4.69, 9.17) is 4.74 Å². The topological polar surface area (TPSA) is 42.4 Å². The molecule has 29 heavy (non-hydrogen) atoms. The van der Waals surface area contributed by atoms with Crippen LogP contribution in [0.5, 0.6) is 5.75 Å². The molecular formula is C21H19F3N2O2S. The first kappa shape index (κ1) is 20.9. The van der Waals surface area contributed by atoms with Crippen molar-refractivity contribution in [2.45, 2.75) is 19.6 Å². The molecule has 152 valence electrons. The molecule has 0 aliphatic carbocycles. The fraction of sp³-hybridized carbons (Fsp3) is 0.238. The molecule has 0 radical (unpaired) electrons. The summed E-state index contributed by atoms with van der Waals surface area (Å²) in [5, 5.41) is 1.93. The van der Waals surface area contributed by atoms with Crippen LogP contribution in [0.2, 0.25) is 0 Å². The number of halogens is 3. The summed E-state index contributed by atoms with van der Waals surface area (Å²) in [5.41, 5.74) is 0.720. The van der Waals surface area contributed by atoms with Crippen LogP contribution >= 0.6 is 11.3 Å². The van der Waals surface area contributed by atoms with E-state index in [9.17, 15) is 18.0 Å². The molecule has 0 N–H and O–H groups in total. The number of benzene rings is 2. The highest BCUT2D eigenvalue weighted by molar-refractivity contribution is 7.13. The summed E-state index contributed by atoms with van der Waals surface area (Å²) >= 11 is 1.14. The van der Waals surface area contributed by atoms with Gasteiger partial charge < -0.3 is 9.64 Å². The Hall–Kier alpha value is -2.87. The second-order valence-electron chi connectivity index (χ2n) is 6.35. The molecule has 1 aromatic heterocycles. The number of amides is 1. The summed E-state index contributed by atoms with van der Waals surface area (Å²) in [6.45, 7) is 2.86. The van der Waals surface area contributed by atoms with Crippen LogP contribution in [-0.2, 0) is 12.7 Å². The van der Waals surface area contributed by atoms with Gasteiger partial charge in [0.25, 0.3) is 5.91 Å². The normalized spacial score (nSPS) is 11.3. The van der Waals surface area contributed by atoms with Crippen LogP contribution in [0, 0.1) is 0 Å². The van der Waals surface area contributed by atoms with Crippen molar-refractivity contribution in [2.75, 3.05) is 13.7 Å². The highest BCUT2D eigenvalue weighted by Crippen LogP contribution is 2.33. The van der Waals surface area contributed by atoms with Gasteiger partial charge in [-0.1, -0.05) is 24.3 Å². The second-order valence-corrected chi connectivity index (χ2v) is 7.21. The van der Waals surface area contributed by atoms with Gasteiger partial charge in [-0.2, -0.15) is 13.2 Å². The van der Waals surface area contributed by atoms with Crippen LogP contribution in [0.3, 0.4) is 0 Å². The molecule has 0 saturated heterocycles. The third-order valence-electron chi connectivity index (χ3n) is 4.16. The number of hydrogen-bond acceptors (Lipinski definition) is 4. The summed E-state index contributed by atoms with van der Waals surface area (Å²) in [5.74, 6) is 0.462. The number of aromatic nitrogens is 1. The molecule has 0 aliphatic rings. The predicted molar refractivity (Wildman–Crippen MR) is 106 cm³/mol. The lowest BCUT2D eigenvalue weighted by Crippen LogP contribution is -2.26. The van der Waals surface area contributed by atoms with Gasteiger partial charge in [-0.25, -0.2) is 4.98 Å². The Morgan fingerprint density at radius 3 is 2.55 bits per heavy atom. The molecule has 0 spiro atoms. The van der Waals surface area contributed by atoms with Gasteiger partial charge in [-0.05, 0) is 36.8 Å². The highest BCUT2D eigenvalue weighted by atomic mass is 32.1. The van der Waals surface area contributed by atoms with E-state index in [0.717, 1.165) is 34.8 Å². The lowest BCUT2D eigenvalue weighted by atomic mass is 10.1. The monoisotopic (exact) mass is 420 g/mol. The highest BCUT2D eigenvalue weighted by Gasteiger charge is 2.30. The molecule has 0 fully saturated rings. The van der Waals surface area contributed by atoms with E-state index in [0.29, 0.717) is 23.7 Å². The van der Waals surface area contributed by atoms with Gasteiger partial charge in [0.05, 0.1) is 12.2 Å². The number of carbonyl (C=O) groups is 1. The van der Waals surface area contributed by atoms with Crippen molar-refractivity contribution < 1.29 is 22.7 Å². The van der Waals surface area contributed by atoms with Gasteiger partial charge in [0, 0.05) is 24.5 Å². The fourth-order valence-electron chi connectivity index (χ4n) is 2.73. The van der Waals surface area contributed by atoms with Crippen LogP contribution in [0.1, 0.15) is 28.5 Å². The summed E-state index contributed by atoms with van der Waals surface area (Å²) in [6, 6.07) is 12.4. The van der Waals surface area contributed by atoms with E-state index in [-0.39, 0.29) is 11.6 Å². The van der Waals surface area contributed by atoms with E-state index in [1.807, 2.05) is 31.2 Å². The predicted octanol–water partition coefficient (Wildman–Crippen LogP) is 5.50. The molecule has 0 atom stereocenters. The third-order valence-corrected chi connectivity index (χ3v) is 5.05. The standard InChI is InChI=1S/C21H19F3N2O2S/c1-3-28-17-9-7-14(8-10-17)12-26(2)20(27)18-13-29-19(25-18)15-5-4-6-16(11-15)21(22,23)24/h4-11,13H,3,12H2,1-2H3. The third kappa shape index (κ3) is 5.14. The summed E-state index contributed by atoms with van der Waals surface area (Å²) in [4.78, 5) is 18.4. The molecule has 4 nitrogen and oxygen atoms in total. The molecule has 2 aromatic carbocycles. The quantitative estimate of drug-likeness (QED) is 0.529. The average Bonchev–Trinajstić information content (AvgIpc) is 3.19. The van der Waals surface area contributed by atoms with Crippen LogP contribution < -0.4 is 4.74 Å². The van der Waals surface area contributed by atoms with Crippen molar-refractivity contribution in [1.82, 2.24) is 9.88 Å². The molecule has 1 heterocycles. The molecular weight excluding hydrogens is 401 g/mol. The maximum atomic E-state index is 12.9. The van der Waals surface area contributed by atoms with Gasteiger partial charge in [-0.15, -0.1) is 11.3 Å². The maximum absolute atomic E-state index is 12.9. The van der Waals surface area contributed by atoms with Gasteiger partial charge in [0.15, 0.2) is 0 Å². The van der Waals surface area contributed by atoms with E-state index in [2.05, 4.69) is 4.98 Å². The number of ether oxygens (including phenoxy) is 1. The van der Waals surface area contributed by atoms with Crippen LogP contribution in [-0.4, -0.2) is 29.4 Å². The minimum atomic E-state index is -4.43. The van der Waals surface area contributed by atoms with Crippen LogP contribution in [0.25, 0.3) is 10.6 Å². The maximum Gasteiger partial charge on any atom is 0.416 e. The minimum absolute atomic E-state index is 0.204. The molecule has 0 aliphatic heterocycles. The number of nitrogens with zero attached hydrogens (tertiary/aromatic N) is 2. The van der Waals surface area contributed by atoms with E-state index >= 15 is 0 Å². The second kappa shape index (κ2) is 8.65. The molecule has 8 heteroatoms. The lowest BCUT2D eigenvalue weighted by molar-refractivity contribution is -0.137. The number of hydrogen-bond donors (Lipinski definition) is 0. The van der Waals surface area contributed by atoms with E-state index < -0.39 is 11.7 Å². The first-order chi connectivity index (χ1) is 13.8. The Morgan fingerprint density at radius 2 is 1.90 bits per heavy atom. The lowest BCUT2D eigenvalue weighted by Gasteiger charge is -2.16. The van der Waals surface area contributed by atoms with Gasteiger partial charge in [-0.3, -0.25) is 4.79 Å². The molecule has 3 aromatic rings. The molecule has 1 amide bonds. The Bertz CT molecular complexity index is 984. The first-order valence-electron chi connectivity index (χ1n) is 8.88. The summed E-state index contributed by atoms with van der Waals surface area (Å²) in [7, 11) is 1.65. The van der Waals surface area contributed by atoms with Crippen molar-refractivity contribution in [1.29, 1.82) is 0 Å². The number of thiazole rings is 1. The SMILES string of the molecule is CCOc1ccc(CN(C)C(=O)c2csc(-c3cccc(C(F)(F)F)c3)n2)cc1. The molecule has 0 bridgehead atoms. The number of rotatable bonds is 6. The zero-order valence-corrected chi connectivity index (χ0v) is 16.7. The number of alkyl halides is 3. The largest absolute Gasteiger partial charge is 0.494 e. The van der Waals surface area contributed by atoms with Crippen molar-refractivity contribution in [2.24, 2.45) is 0 Å². The van der Waals surface area contributed by atoms with E-state index in [1.165, 1.54) is 11.0 Å². The first-order valence-corrected chi connectivity index (χ1v) is 9.76. The number of carbonyl (C=O) groups excluding carboxylic acids is 1. The molecule has 0 saturated carbocycles. The van der Waals surface area contributed by atoms with Crippen LogP contribution in [0.15, 0.2) is 53.9 Å². The average molecular weight is 420 g/mol. The molecule has 0 unspecified atom stereocenters. The zero-order chi connectivity index (χ0) is 21.0. The molecule has 3 rings (SSSR count). The van der Waals surface area contributed by atoms with E-state index in [1.54, 1.807) is 18.5 Å². The Morgan fingerprint density at radius 1 is 1.17 bits per heavy atom. The smallest absolute Gasteiger partial charge is 0.416 e. The van der Waals surface area contributed by atoms with Gasteiger partial charge in [0.2, 0.25) is 0 Å². The summed E-state index contributed by atoms with van der Waals surface area (Å²) < 4.78 is 44.1. The Labute approximate surface area is 170 Å². The van der Waals surface area contributed by atoms with Crippen molar-refractivity contribution in [3.8, 4) is 16.3 Å². The van der Waals surface area contributed by atoms with Crippen molar-refractivity contribution in [3.05, 3.63) is 70.7 Å². The zero-order valence-electron chi connectivity index (χ0n) is 15.9. The fourth-order valence-corrected chi connectivity index (χ4v) is 3.52. The van der Waals surface area contributed by atoms with Crippen LogP contribution in [0.4, 0.5) is 13.2 Å². The van der Waals surface area contributed by atoms with Crippen molar-refractivity contribution >= 4 is 17.2 Å². The van der Waals surface area contributed by atoms with Gasteiger partial charge in [0.1, 0.15) is 16.5 Å². The minimum Gasteiger partial charge on any atom is -0.494 e. The Balaban J connectivity index is 1.71.